The molecule has 170 valence electrons. The van der Waals surface area contributed by atoms with Gasteiger partial charge in [0.05, 0.1) is 13.2 Å². The molecule has 3 heterocycles. The van der Waals surface area contributed by atoms with Gasteiger partial charge in [-0.1, -0.05) is 6.07 Å². The first-order chi connectivity index (χ1) is 14.3. The molecule has 2 fully saturated rings. The molecule has 2 saturated heterocycles. The van der Waals surface area contributed by atoms with E-state index < -0.39 is 0 Å². The quantitative estimate of drug-likeness (QED) is 0.217. The molecule has 8 nitrogen and oxygen atoms in total. The van der Waals surface area contributed by atoms with Crippen LogP contribution in [0.5, 0.6) is 0 Å². The molecule has 0 amide bonds. The zero-order valence-electron chi connectivity index (χ0n) is 18.3. The Balaban J connectivity index is 0.00000320. The van der Waals surface area contributed by atoms with E-state index in [1.54, 1.807) is 7.05 Å². The van der Waals surface area contributed by atoms with Crippen LogP contribution in [0.1, 0.15) is 18.4 Å². The zero-order valence-corrected chi connectivity index (χ0v) is 20.6. The molecule has 0 saturated carbocycles. The highest BCUT2D eigenvalue weighted by atomic mass is 127. The number of hydrogen-bond acceptors (Lipinski definition) is 6. The molecule has 1 aromatic rings. The highest BCUT2D eigenvalue weighted by molar-refractivity contribution is 14.0. The van der Waals surface area contributed by atoms with E-state index in [4.69, 9.17) is 9.47 Å². The third-order valence-corrected chi connectivity index (χ3v) is 5.48. The Hall–Kier alpha value is -1.17. The monoisotopic (exact) mass is 532 g/mol. The van der Waals surface area contributed by atoms with E-state index in [1.165, 1.54) is 5.56 Å². The van der Waals surface area contributed by atoms with Crippen LogP contribution in [-0.4, -0.2) is 89.1 Å². The molecule has 2 aliphatic rings. The van der Waals surface area contributed by atoms with Gasteiger partial charge in [0.1, 0.15) is 5.82 Å². The number of aromatic nitrogens is 1. The van der Waals surface area contributed by atoms with Gasteiger partial charge in [-0.25, -0.2) is 4.98 Å². The fourth-order valence-electron chi connectivity index (χ4n) is 3.62. The Labute approximate surface area is 197 Å². The van der Waals surface area contributed by atoms with Crippen LogP contribution in [0.4, 0.5) is 5.82 Å². The minimum Gasteiger partial charge on any atom is -0.381 e. The van der Waals surface area contributed by atoms with Gasteiger partial charge in [-0.05, 0) is 26.0 Å². The Morgan fingerprint density at radius 1 is 1.30 bits per heavy atom. The normalized spacial score (nSPS) is 20.1. The maximum absolute atomic E-state index is 5.76. The lowest BCUT2D eigenvalue weighted by atomic mass is 10.1. The number of piperazine rings is 1. The second-order valence-electron chi connectivity index (χ2n) is 7.79. The molecule has 1 unspecified atom stereocenters. The van der Waals surface area contributed by atoms with E-state index in [0.29, 0.717) is 12.5 Å². The molecule has 1 aromatic heterocycles. The van der Waals surface area contributed by atoms with E-state index >= 15 is 0 Å². The van der Waals surface area contributed by atoms with Crippen molar-refractivity contribution in [2.24, 2.45) is 10.9 Å². The van der Waals surface area contributed by atoms with Gasteiger partial charge >= 0.3 is 0 Å². The van der Waals surface area contributed by atoms with Gasteiger partial charge in [0, 0.05) is 77.2 Å². The van der Waals surface area contributed by atoms with Crippen molar-refractivity contribution in [3.05, 3.63) is 23.9 Å². The average molecular weight is 532 g/mol. The number of aliphatic imine (C=N–C) groups is 1. The van der Waals surface area contributed by atoms with Crippen LogP contribution in [0, 0.1) is 5.92 Å². The number of rotatable bonds is 9. The minimum atomic E-state index is 0. The molecule has 0 aliphatic carbocycles. The van der Waals surface area contributed by atoms with Crippen LogP contribution < -0.4 is 15.5 Å². The smallest absolute Gasteiger partial charge is 0.191 e. The lowest BCUT2D eigenvalue weighted by molar-refractivity contribution is 0.0888. The lowest BCUT2D eigenvalue weighted by Crippen LogP contribution is -2.45. The molecular weight excluding hydrogens is 495 g/mol. The number of nitrogens with one attached hydrogen (secondary N) is 2. The predicted octanol–water partition coefficient (Wildman–Crippen LogP) is 1.56. The van der Waals surface area contributed by atoms with Crippen molar-refractivity contribution >= 4 is 35.8 Å². The van der Waals surface area contributed by atoms with Crippen molar-refractivity contribution < 1.29 is 9.47 Å². The molecule has 30 heavy (non-hydrogen) atoms. The maximum atomic E-state index is 5.76. The van der Waals surface area contributed by atoms with Crippen LogP contribution >= 0.6 is 24.0 Å². The number of likely N-dealkylation sites (N-methyl/N-ethyl adjacent to an activating group) is 1. The van der Waals surface area contributed by atoms with Crippen LogP contribution in [0.2, 0.25) is 0 Å². The second-order valence-corrected chi connectivity index (χ2v) is 7.79. The average Bonchev–Trinajstić information content (AvgIpc) is 3.27. The third-order valence-electron chi connectivity index (χ3n) is 5.48. The van der Waals surface area contributed by atoms with E-state index in [-0.39, 0.29) is 24.0 Å². The summed E-state index contributed by atoms with van der Waals surface area (Å²) in [6.45, 7) is 9.00. The highest BCUT2D eigenvalue weighted by Gasteiger charge is 2.18. The van der Waals surface area contributed by atoms with Crippen LogP contribution in [0.3, 0.4) is 0 Å². The number of nitrogens with zero attached hydrogens (tertiary/aromatic N) is 4. The third kappa shape index (κ3) is 8.16. The predicted molar refractivity (Wildman–Crippen MR) is 132 cm³/mol. The molecule has 0 radical (unpaired) electrons. The van der Waals surface area contributed by atoms with Crippen molar-refractivity contribution in [2.45, 2.75) is 19.4 Å². The van der Waals surface area contributed by atoms with Gasteiger partial charge in [-0.2, -0.15) is 0 Å². The number of anilines is 1. The number of pyridine rings is 1. The Morgan fingerprint density at radius 2 is 2.13 bits per heavy atom. The van der Waals surface area contributed by atoms with E-state index in [9.17, 15) is 0 Å². The van der Waals surface area contributed by atoms with Crippen LogP contribution in [-0.2, 0) is 16.0 Å². The summed E-state index contributed by atoms with van der Waals surface area (Å²) in [4.78, 5) is 13.7. The molecule has 0 aromatic carbocycles. The van der Waals surface area contributed by atoms with Gasteiger partial charge in [-0.15, -0.1) is 24.0 Å². The topological polar surface area (TPSA) is 74.2 Å². The summed E-state index contributed by atoms with van der Waals surface area (Å²) in [7, 11) is 3.97. The first-order valence-electron chi connectivity index (χ1n) is 10.7. The molecule has 0 spiro atoms. The molecule has 3 rings (SSSR count). The standard InChI is InChI=1S/C21H36N6O2.HI/c1-22-21(24-8-4-13-28-16-18-6-14-29-17-18)25-15-19-5-3-7-23-20(19)27-11-9-26(2)10-12-27;/h3,5,7,18H,4,6,8-17H2,1-2H3,(H2,22,24,25);1H. The van der Waals surface area contributed by atoms with Crippen molar-refractivity contribution in [2.75, 3.05) is 78.1 Å². The first kappa shape index (κ1) is 25.1. The molecule has 2 aliphatic heterocycles. The number of halogens is 1. The highest BCUT2D eigenvalue weighted by Crippen LogP contribution is 2.18. The molecule has 9 heteroatoms. The summed E-state index contributed by atoms with van der Waals surface area (Å²) < 4.78 is 11.1. The summed E-state index contributed by atoms with van der Waals surface area (Å²) in [5, 5.41) is 6.78. The summed E-state index contributed by atoms with van der Waals surface area (Å²) in [6.07, 6.45) is 3.95. The van der Waals surface area contributed by atoms with E-state index in [1.807, 2.05) is 12.3 Å². The summed E-state index contributed by atoms with van der Waals surface area (Å²) in [6, 6.07) is 4.14. The Morgan fingerprint density at radius 3 is 2.87 bits per heavy atom. The fraction of sp³-hybridized carbons (Fsp3) is 0.714. The minimum absolute atomic E-state index is 0. The first-order valence-corrected chi connectivity index (χ1v) is 10.7. The van der Waals surface area contributed by atoms with Crippen LogP contribution in [0.25, 0.3) is 0 Å². The van der Waals surface area contributed by atoms with Crippen molar-refractivity contribution in [1.29, 1.82) is 0 Å². The molecule has 1 atom stereocenters. The van der Waals surface area contributed by atoms with Crippen LogP contribution in [0.15, 0.2) is 23.3 Å². The van der Waals surface area contributed by atoms with Gasteiger partial charge in [0.15, 0.2) is 5.96 Å². The maximum Gasteiger partial charge on any atom is 0.191 e. The van der Waals surface area contributed by atoms with Gasteiger partial charge in [-0.3, -0.25) is 4.99 Å². The number of guanidine groups is 1. The molecule has 0 bridgehead atoms. The largest absolute Gasteiger partial charge is 0.381 e. The summed E-state index contributed by atoms with van der Waals surface area (Å²) in [5.41, 5.74) is 1.20. The summed E-state index contributed by atoms with van der Waals surface area (Å²) >= 11 is 0. The zero-order chi connectivity index (χ0) is 20.3. The fourth-order valence-corrected chi connectivity index (χ4v) is 3.62. The van der Waals surface area contributed by atoms with E-state index in [0.717, 1.165) is 83.8 Å². The van der Waals surface area contributed by atoms with Crippen molar-refractivity contribution in [1.82, 2.24) is 20.5 Å². The number of ether oxygens (including phenoxy) is 2. The van der Waals surface area contributed by atoms with Crippen molar-refractivity contribution in [3.8, 4) is 0 Å². The van der Waals surface area contributed by atoms with Gasteiger partial charge < -0.3 is 29.9 Å². The molecular formula is C21H37IN6O2. The Bertz CT molecular complexity index is 634. The van der Waals surface area contributed by atoms with Gasteiger partial charge in [0.2, 0.25) is 0 Å². The molecule has 2 N–H and O–H groups in total. The van der Waals surface area contributed by atoms with Crippen molar-refractivity contribution in [3.63, 3.8) is 0 Å². The van der Waals surface area contributed by atoms with Gasteiger partial charge in [0.25, 0.3) is 0 Å². The lowest BCUT2D eigenvalue weighted by Gasteiger charge is -2.34. The summed E-state index contributed by atoms with van der Waals surface area (Å²) in [5.74, 6) is 2.46. The second kappa shape index (κ2) is 14.0. The SMILES string of the molecule is CN=C(NCCCOCC1CCOC1)NCc1cccnc1N1CCN(C)CC1.I. The van der Waals surface area contributed by atoms with E-state index in [2.05, 4.69) is 43.5 Å². The Kier molecular flexibility index (Phi) is 11.7. The number of hydrogen-bond donors (Lipinski definition) is 2.